The largest absolute Gasteiger partial charge is 0.324 e. The molecule has 0 atom stereocenters. The van der Waals surface area contributed by atoms with Gasteiger partial charge in [0.25, 0.3) is 5.69 Å². The molecule has 1 aromatic carbocycles. The zero-order chi connectivity index (χ0) is 17.1. The van der Waals surface area contributed by atoms with E-state index in [1.54, 1.807) is 17.8 Å². The number of benzene rings is 1. The summed E-state index contributed by atoms with van der Waals surface area (Å²) < 4.78 is 2.44. The highest BCUT2D eigenvalue weighted by Crippen LogP contribution is 2.35. The lowest BCUT2D eigenvalue weighted by Crippen LogP contribution is -2.15. The Balaban J connectivity index is 2.04. The van der Waals surface area contributed by atoms with E-state index in [2.05, 4.69) is 42.3 Å². The topological polar surface area (TPSA) is 90.1 Å². The van der Waals surface area contributed by atoms with Gasteiger partial charge in [0.05, 0.1) is 21.3 Å². The molecule has 2 rings (SSSR count). The van der Waals surface area contributed by atoms with Crippen LogP contribution in [-0.2, 0) is 11.3 Å². The summed E-state index contributed by atoms with van der Waals surface area (Å²) in [5.74, 6) is -0.246. The Morgan fingerprint density at radius 1 is 1.43 bits per heavy atom. The predicted octanol–water partition coefficient (Wildman–Crippen LogP) is 4.31. The van der Waals surface area contributed by atoms with Crippen molar-refractivity contribution in [3.63, 3.8) is 0 Å². The number of hydrogen-bond acceptors (Lipinski definition) is 4. The summed E-state index contributed by atoms with van der Waals surface area (Å²) in [4.78, 5) is 22.3. The Labute approximate surface area is 153 Å². The fourth-order valence-corrected chi connectivity index (χ4v) is 3.32. The number of nitro groups is 1. The van der Waals surface area contributed by atoms with Crippen LogP contribution in [0.25, 0.3) is 0 Å². The molecule has 0 fully saturated rings. The molecule has 1 heterocycles. The van der Waals surface area contributed by atoms with Crippen molar-refractivity contribution in [2.24, 2.45) is 0 Å². The van der Waals surface area contributed by atoms with Gasteiger partial charge in [0.1, 0.15) is 0 Å². The number of carbonyl (C=O) groups excluding carboxylic acids is 1. The van der Waals surface area contributed by atoms with Crippen molar-refractivity contribution in [3.05, 3.63) is 48.1 Å². The summed E-state index contributed by atoms with van der Waals surface area (Å²) in [5, 5.41) is 18.2. The number of aryl methyl sites for hydroxylation is 2. The number of anilines is 1. The van der Waals surface area contributed by atoms with E-state index in [0.717, 1.165) is 0 Å². The van der Waals surface area contributed by atoms with Gasteiger partial charge >= 0.3 is 0 Å². The zero-order valence-corrected chi connectivity index (χ0v) is 15.8. The number of halogens is 3. The van der Waals surface area contributed by atoms with Crippen LogP contribution < -0.4 is 5.32 Å². The number of amides is 1. The molecule has 122 valence electrons. The summed E-state index contributed by atoms with van der Waals surface area (Å²) in [6, 6.07) is 2.66. The Bertz CT molecular complexity index is 736. The van der Waals surface area contributed by atoms with Gasteiger partial charge in [-0.3, -0.25) is 19.6 Å². The standard InChI is InChI=1S/C13H11Br2ClN4O3/c1-7-11(16)6-19(18-7)3-2-12(21)17-13-9(14)4-8(20(22)23)5-10(13)15/h4-6H,2-3H2,1H3,(H,17,21). The number of carbonyl (C=O) groups is 1. The third-order valence-electron chi connectivity index (χ3n) is 2.96. The van der Waals surface area contributed by atoms with Crippen LogP contribution in [0.5, 0.6) is 0 Å². The summed E-state index contributed by atoms with van der Waals surface area (Å²) in [6.45, 7) is 2.16. The molecule has 23 heavy (non-hydrogen) atoms. The van der Waals surface area contributed by atoms with E-state index in [1.807, 2.05) is 0 Å². The van der Waals surface area contributed by atoms with Crippen molar-refractivity contribution in [3.8, 4) is 0 Å². The monoisotopic (exact) mass is 464 g/mol. The van der Waals surface area contributed by atoms with Gasteiger partial charge < -0.3 is 5.32 Å². The molecule has 7 nitrogen and oxygen atoms in total. The molecule has 10 heteroatoms. The van der Waals surface area contributed by atoms with Crippen molar-refractivity contribution in [1.29, 1.82) is 0 Å². The van der Waals surface area contributed by atoms with Crippen molar-refractivity contribution in [2.75, 3.05) is 5.32 Å². The lowest BCUT2D eigenvalue weighted by atomic mass is 10.2. The second-order valence-corrected chi connectivity index (χ2v) is 6.78. The average molecular weight is 467 g/mol. The average Bonchev–Trinajstić information content (AvgIpc) is 2.79. The SMILES string of the molecule is Cc1nn(CCC(=O)Nc2c(Br)cc([N+](=O)[O-])cc2Br)cc1Cl. The number of nitro benzene ring substituents is 1. The molecular weight excluding hydrogens is 455 g/mol. The molecule has 0 saturated carbocycles. The lowest BCUT2D eigenvalue weighted by molar-refractivity contribution is -0.385. The van der Waals surface area contributed by atoms with Gasteiger partial charge in [-0.05, 0) is 38.8 Å². The van der Waals surface area contributed by atoms with Gasteiger partial charge in [0, 0.05) is 40.2 Å². The summed E-state index contributed by atoms with van der Waals surface area (Å²) >= 11 is 12.3. The second kappa shape index (κ2) is 7.41. The van der Waals surface area contributed by atoms with Gasteiger partial charge in [-0.15, -0.1) is 0 Å². The Morgan fingerprint density at radius 2 is 2.04 bits per heavy atom. The first-order chi connectivity index (χ1) is 10.8. The summed E-state index contributed by atoms with van der Waals surface area (Å²) in [7, 11) is 0. The molecule has 0 aliphatic carbocycles. The third-order valence-corrected chi connectivity index (χ3v) is 4.58. The highest BCUT2D eigenvalue weighted by Gasteiger charge is 2.16. The Kier molecular flexibility index (Phi) is 5.77. The van der Waals surface area contributed by atoms with Gasteiger partial charge in [-0.2, -0.15) is 5.10 Å². The van der Waals surface area contributed by atoms with Crippen molar-refractivity contribution in [2.45, 2.75) is 19.9 Å². The van der Waals surface area contributed by atoms with E-state index < -0.39 is 4.92 Å². The van der Waals surface area contributed by atoms with Gasteiger partial charge in [0.2, 0.25) is 5.91 Å². The van der Waals surface area contributed by atoms with Crippen LogP contribution in [0.3, 0.4) is 0 Å². The molecule has 0 aliphatic heterocycles. The maximum atomic E-state index is 12.0. The summed E-state index contributed by atoms with van der Waals surface area (Å²) in [6.07, 6.45) is 1.84. The molecule has 0 bridgehead atoms. The highest BCUT2D eigenvalue weighted by atomic mass is 79.9. The predicted molar refractivity (Wildman–Crippen MR) is 93.7 cm³/mol. The number of hydrogen-bond donors (Lipinski definition) is 1. The van der Waals surface area contributed by atoms with E-state index in [-0.39, 0.29) is 18.0 Å². The van der Waals surface area contributed by atoms with Crippen LogP contribution in [0, 0.1) is 17.0 Å². The zero-order valence-electron chi connectivity index (χ0n) is 11.8. The highest BCUT2D eigenvalue weighted by molar-refractivity contribution is 9.11. The fraction of sp³-hybridized carbons (Fsp3) is 0.231. The van der Waals surface area contributed by atoms with Gasteiger partial charge in [-0.25, -0.2) is 0 Å². The van der Waals surface area contributed by atoms with E-state index >= 15 is 0 Å². The first-order valence-electron chi connectivity index (χ1n) is 6.40. The van der Waals surface area contributed by atoms with Crippen LogP contribution in [0.2, 0.25) is 5.02 Å². The molecular formula is C13H11Br2ClN4O3. The van der Waals surface area contributed by atoms with E-state index in [0.29, 0.717) is 31.9 Å². The molecule has 0 radical (unpaired) electrons. The number of nitrogens with zero attached hydrogens (tertiary/aromatic N) is 3. The van der Waals surface area contributed by atoms with E-state index in [1.165, 1.54) is 12.1 Å². The number of aromatic nitrogens is 2. The van der Waals surface area contributed by atoms with Crippen molar-refractivity contribution < 1.29 is 9.72 Å². The smallest absolute Gasteiger partial charge is 0.271 e. The molecule has 1 N–H and O–H groups in total. The molecule has 1 aromatic heterocycles. The first kappa shape index (κ1) is 17.9. The minimum atomic E-state index is -0.509. The Morgan fingerprint density at radius 3 is 2.52 bits per heavy atom. The van der Waals surface area contributed by atoms with Crippen molar-refractivity contribution in [1.82, 2.24) is 9.78 Å². The van der Waals surface area contributed by atoms with Gasteiger partial charge in [-0.1, -0.05) is 11.6 Å². The second-order valence-electron chi connectivity index (χ2n) is 4.67. The molecule has 0 aliphatic rings. The molecule has 0 spiro atoms. The van der Waals surface area contributed by atoms with Crippen molar-refractivity contribution >= 4 is 60.7 Å². The normalized spacial score (nSPS) is 10.6. The third kappa shape index (κ3) is 4.52. The molecule has 1 amide bonds. The van der Waals surface area contributed by atoms with Crippen LogP contribution in [0.15, 0.2) is 27.3 Å². The fourth-order valence-electron chi connectivity index (χ4n) is 1.81. The maximum absolute atomic E-state index is 12.0. The minimum Gasteiger partial charge on any atom is -0.324 e. The first-order valence-corrected chi connectivity index (χ1v) is 8.37. The minimum absolute atomic E-state index is 0.0802. The number of rotatable bonds is 5. The van der Waals surface area contributed by atoms with Crippen LogP contribution in [0.1, 0.15) is 12.1 Å². The molecule has 0 unspecified atom stereocenters. The molecule has 0 saturated heterocycles. The van der Waals surface area contributed by atoms with Crippen LogP contribution >= 0.6 is 43.5 Å². The number of non-ortho nitro benzene ring substituents is 1. The summed E-state index contributed by atoms with van der Waals surface area (Å²) in [5.41, 5.74) is 1.06. The van der Waals surface area contributed by atoms with Crippen LogP contribution in [0.4, 0.5) is 11.4 Å². The number of nitrogens with one attached hydrogen (secondary N) is 1. The van der Waals surface area contributed by atoms with E-state index in [4.69, 9.17) is 11.6 Å². The van der Waals surface area contributed by atoms with E-state index in [9.17, 15) is 14.9 Å². The lowest BCUT2D eigenvalue weighted by Gasteiger charge is -2.10. The van der Waals surface area contributed by atoms with Gasteiger partial charge in [0.15, 0.2) is 0 Å². The maximum Gasteiger partial charge on any atom is 0.271 e. The Hall–Kier alpha value is -1.45. The van der Waals surface area contributed by atoms with Crippen LogP contribution in [-0.4, -0.2) is 20.6 Å². The quantitative estimate of drug-likeness (QED) is 0.525. The molecule has 2 aromatic rings.